The minimum atomic E-state index is -5.08. The van der Waals surface area contributed by atoms with Crippen LogP contribution in [-0.2, 0) is 68.1 Å². The number of hydrogen-bond acceptors (Lipinski definition) is 21. The van der Waals surface area contributed by atoms with E-state index in [0.29, 0.717) is 119 Å². The zero-order chi connectivity index (χ0) is 93.6. The molecule has 0 aromatic carbocycles. The van der Waals surface area contributed by atoms with Crippen molar-refractivity contribution in [3.8, 4) is 59.2 Å². The molecule has 1 aliphatic carbocycles. The summed E-state index contributed by atoms with van der Waals surface area (Å²) in [7, 11) is 4.91. The van der Waals surface area contributed by atoms with E-state index in [9.17, 15) is 37.1 Å². The first-order valence-electron chi connectivity index (χ1n) is 41.9. The van der Waals surface area contributed by atoms with E-state index < -0.39 is 23.3 Å². The molecule has 129 heavy (non-hydrogen) atoms. The third-order valence-electron chi connectivity index (χ3n) is 21.0. The van der Waals surface area contributed by atoms with Crippen molar-refractivity contribution < 1.29 is 42.1 Å². The maximum atomic E-state index is 12.6. The minimum absolute atomic E-state index is 0.0973. The third kappa shape index (κ3) is 25.5. The number of carbonyl (C=O) groups excluding carboxylic acids is 2. The lowest BCUT2D eigenvalue weighted by atomic mass is 9.88. The number of aliphatic carboxylic acids is 1. The number of anilines is 1. The summed E-state index contributed by atoms with van der Waals surface area (Å²) in [6.45, 7) is 27.3. The quantitative estimate of drug-likeness (QED) is 0.100. The van der Waals surface area contributed by atoms with Crippen LogP contribution in [0.2, 0.25) is 20.7 Å². The number of aromatic nitrogens is 21. The molecule has 15 heterocycles. The standard InChI is InChI=1S/C20H27N5O3.C16H23N5O3.C16H20N4O.C15H17ClN4.C10H7Cl2N3.C10H8ClN3.C2HF3O2/c1-6-7-10-25-16-15(13-21-23(5)18(16)26)22-17(25)14-8-11-24(12-9-14)19(27)28-20(2,3)4;1-16(2,3)24-15(23)21-7-5-10(6-8-21)13-18-11-9-17-20(4)14(22)12(11)19-13;1-3-4-10-20-14-13(11-17-19(2)16(14)21)18-15(20)12-8-6-5-7-9-12;1-2-3-11-20-13-12(7-8-17-14(13)16)18-15(20)19-9-5-4-6-10-19;1-2-3-6-15-8-7(14-10(15)12)4-5-13-9(8)11;1-2-3-6-14-7-13-8-4-5-12-10(11)9(8)14;3-2(4,5)1(6)7/h13-14H,8-12H2,1-5H3;9-10H,5-8H2,1-4H3,(H,18,19);11-12H,5-10H2,1-2H3;7-8H,4-6,9-11H2,1H3;4-5H,6H2,1H3;4-5,7H,6H2,1H3;(H,6,7). The van der Waals surface area contributed by atoms with Crippen LogP contribution in [0.5, 0.6) is 0 Å². The number of likely N-dealkylation sites (tertiary alicyclic amines) is 2. The molecule has 0 radical (unpaired) electrons. The van der Waals surface area contributed by atoms with Crippen molar-refractivity contribution in [2.24, 2.45) is 21.1 Å². The molecule has 2 amide bonds. The van der Waals surface area contributed by atoms with Gasteiger partial charge >= 0.3 is 24.3 Å². The highest BCUT2D eigenvalue weighted by Gasteiger charge is 2.39. The second-order valence-corrected chi connectivity index (χ2v) is 33.6. The van der Waals surface area contributed by atoms with Crippen LogP contribution in [0.25, 0.3) is 66.2 Å². The van der Waals surface area contributed by atoms with E-state index in [-0.39, 0.29) is 40.7 Å². The van der Waals surface area contributed by atoms with E-state index in [0.717, 1.165) is 108 Å². The van der Waals surface area contributed by atoms with Crippen LogP contribution < -0.4 is 21.6 Å². The Balaban J connectivity index is 0.000000161. The van der Waals surface area contributed by atoms with Gasteiger partial charge in [-0.1, -0.05) is 83.7 Å². The van der Waals surface area contributed by atoms with Crippen LogP contribution in [0.4, 0.5) is 28.7 Å². The van der Waals surface area contributed by atoms with Crippen LogP contribution in [0.3, 0.4) is 0 Å². The lowest BCUT2D eigenvalue weighted by Crippen LogP contribution is -2.41. The second kappa shape index (κ2) is 44.9. The van der Waals surface area contributed by atoms with Crippen LogP contribution in [0.15, 0.2) is 76.1 Å². The summed E-state index contributed by atoms with van der Waals surface area (Å²) >= 11 is 24.2. The maximum Gasteiger partial charge on any atom is 0.490 e. The highest BCUT2D eigenvalue weighted by molar-refractivity contribution is 6.35. The van der Waals surface area contributed by atoms with Gasteiger partial charge in [-0.3, -0.25) is 19.0 Å². The maximum absolute atomic E-state index is 12.6. The first kappa shape index (κ1) is 98.6. The lowest BCUT2D eigenvalue weighted by molar-refractivity contribution is -0.192. The van der Waals surface area contributed by atoms with E-state index in [2.05, 4.69) is 119 Å². The van der Waals surface area contributed by atoms with E-state index >= 15 is 0 Å². The molecule has 2 N–H and O–H groups in total. The number of aromatic amines is 1. The van der Waals surface area contributed by atoms with E-state index in [1.165, 1.54) is 52.6 Å². The predicted molar refractivity (Wildman–Crippen MR) is 490 cm³/mol. The summed E-state index contributed by atoms with van der Waals surface area (Å²) in [5.41, 5.74) is 6.97. The van der Waals surface area contributed by atoms with Crippen molar-refractivity contribution in [1.29, 1.82) is 0 Å². The molecule has 0 unspecified atom stereocenters. The zero-order valence-electron chi connectivity index (χ0n) is 74.4. The molecule has 3 aliphatic heterocycles. The van der Waals surface area contributed by atoms with Crippen molar-refractivity contribution in [1.82, 2.24) is 112 Å². The van der Waals surface area contributed by atoms with Crippen molar-refractivity contribution in [3.05, 3.63) is 131 Å². The number of pyridine rings is 3. The van der Waals surface area contributed by atoms with Gasteiger partial charge < -0.3 is 52.5 Å². The number of nitrogens with one attached hydrogen (secondary N) is 1. The Hall–Kier alpha value is -12.5. The average Bonchev–Trinajstić information content (AvgIpc) is 1.62. The monoisotopic (exact) mass is 1850 g/mol. The molecular weight excluding hydrogens is 1750 g/mol. The Bertz CT molecular complexity index is 6540. The summed E-state index contributed by atoms with van der Waals surface area (Å²) in [6, 6.07) is 5.50. The lowest BCUT2D eigenvalue weighted by Gasteiger charge is -2.33. The summed E-state index contributed by atoms with van der Waals surface area (Å²) in [5.74, 6) is 31.1. The molecule has 0 bridgehead atoms. The van der Waals surface area contributed by atoms with Crippen molar-refractivity contribution >= 4 is 137 Å². The number of rotatable bonds is 9. The Labute approximate surface area is 762 Å². The van der Waals surface area contributed by atoms with Crippen LogP contribution in [-0.4, -0.2) is 192 Å². The van der Waals surface area contributed by atoms with Crippen LogP contribution in [0, 0.1) is 59.2 Å². The van der Waals surface area contributed by atoms with Gasteiger partial charge in [-0.05, 0) is 164 Å². The fourth-order valence-corrected chi connectivity index (χ4v) is 15.7. The number of piperidine rings is 3. The second-order valence-electron chi connectivity index (χ2n) is 32.2. The summed E-state index contributed by atoms with van der Waals surface area (Å²) in [4.78, 5) is 118. The first-order chi connectivity index (χ1) is 61.5. The number of fused-ring (bicyclic) bond motifs is 6. The number of aryl methyl sites for hydroxylation is 3. The fraction of sp³-hybridized carbons (Fsp3) is 0.483. The molecule has 12 aromatic heterocycles. The molecule has 1 saturated carbocycles. The number of carboxylic acid groups (broad SMARTS) is 1. The summed E-state index contributed by atoms with van der Waals surface area (Å²) < 4.78 is 56.2. The Kier molecular flexibility index (Phi) is 34.4. The molecule has 4 fully saturated rings. The van der Waals surface area contributed by atoms with Gasteiger partial charge in [0.25, 0.3) is 16.7 Å². The molecule has 12 aromatic rings. The van der Waals surface area contributed by atoms with E-state index in [1.54, 1.807) is 106 Å². The van der Waals surface area contributed by atoms with Crippen LogP contribution >= 0.6 is 46.4 Å². The first-order valence-corrected chi connectivity index (χ1v) is 43.4. The molecular formula is C89H103Cl4F3N24O9. The molecule has 0 atom stereocenters. The van der Waals surface area contributed by atoms with Gasteiger partial charge in [-0.15, -0.1) is 29.6 Å². The van der Waals surface area contributed by atoms with Gasteiger partial charge in [0, 0.05) is 96.8 Å². The van der Waals surface area contributed by atoms with Crippen molar-refractivity contribution in [2.75, 3.05) is 44.2 Å². The number of hydrogen-bond donors (Lipinski definition) is 2. The Morgan fingerprint density at radius 1 is 0.465 bits per heavy atom. The third-order valence-corrected chi connectivity index (χ3v) is 22.1. The van der Waals surface area contributed by atoms with Gasteiger partial charge in [-0.25, -0.2) is 73.3 Å². The number of carbonyl (C=O) groups is 3. The van der Waals surface area contributed by atoms with Gasteiger partial charge in [0.15, 0.2) is 21.0 Å². The van der Waals surface area contributed by atoms with Gasteiger partial charge in [0.1, 0.15) is 67.3 Å². The topological polar surface area (TPSA) is 361 Å². The van der Waals surface area contributed by atoms with Crippen LogP contribution in [0.1, 0.15) is 188 Å². The minimum Gasteiger partial charge on any atom is -0.475 e. The smallest absolute Gasteiger partial charge is 0.475 e. The highest BCUT2D eigenvalue weighted by Crippen LogP contribution is 2.36. The number of alkyl halides is 3. The summed E-state index contributed by atoms with van der Waals surface area (Å²) in [5, 5.41) is 21.0. The normalized spacial score (nSPS) is 14.2. The van der Waals surface area contributed by atoms with Gasteiger partial charge in [0.2, 0.25) is 11.2 Å². The molecule has 4 aliphatic rings. The molecule has 0 spiro atoms. The van der Waals surface area contributed by atoms with Gasteiger partial charge in [0.05, 0.1) is 79.7 Å². The molecule has 40 heteroatoms. The Morgan fingerprint density at radius 2 is 0.868 bits per heavy atom. The number of amides is 2. The average molecular weight is 1850 g/mol. The van der Waals surface area contributed by atoms with E-state index in [1.807, 2.05) is 81.2 Å². The number of carboxylic acids is 1. The number of imidazole rings is 6. The van der Waals surface area contributed by atoms with Crippen molar-refractivity contribution in [3.63, 3.8) is 0 Å². The highest BCUT2D eigenvalue weighted by atomic mass is 35.5. The van der Waals surface area contributed by atoms with Crippen molar-refractivity contribution in [2.45, 2.75) is 221 Å². The number of nitrogens with zero attached hydrogens (tertiary/aromatic N) is 23. The molecule has 33 nitrogen and oxygen atoms in total. The molecule has 16 rings (SSSR count). The number of ether oxygens (including phenoxy) is 2. The predicted octanol–water partition coefficient (Wildman–Crippen LogP) is 14.8. The fourth-order valence-electron chi connectivity index (χ4n) is 14.7. The number of halogens is 7. The molecule has 682 valence electrons. The molecule has 3 saturated heterocycles. The largest absolute Gasteiger partial charge is 0.490 e. The number of H-pyrrole nitrogens is 1. The van der Waals surface area contributed by atoms with Gasteiger partial charge in [-0.2, -0.15) is 28.5 Å². The zero-order valence-corrected chi connectivity index (χ0v) is 77.4. The summed E-state index contributed by atoms with van der Waals surface area (Å²) in [6.07, 6.45) is 18.8. The Morgan fingerprint density at radius 3 is 1.34 bits per heavy atom. The van der Waals surface area contributed by atoms with E-state index in [4.69, 9.17) is 80.7 Å². The SMILES string of the molecule is CC#CCn1c(C2CCCCC2)nc2cnn(C)c(=O)c21.CC#CCn1c(C2CCN(C(=O)OC(C)(C)C)CC2)nc2cnn(C)c(=O)c21.CC#CCn1c(Cl)nc2ccnc(Cl)c21.CC#CCn1c(N2CCCCC2)nc2ccnc(Cl)c21.CC#CCn1cnc2ccnc(Cl)c21.Cn1ncc2[nH]c(C3CCN(C(=O)OC(C)(C)C)CC3)nc2c1=O.O=C(O)C(F)(F)F.